The van der Waals surface area contributed by atoms with Crippen LogP contribution in [0.15, 0.2) is 11.6 Å². The zero-order valence-electron chi connectivity index (χ0n) is 14.3. The van der Waals surface area contributed by atoms with E-state index in [1.165, 1.54) is 0 Å². The number of hydrogen-bond donors (Lipinski definition) is 2. The molecule has 2 saturated heterocycles. The third-order valence-corrected chi connectivity index (χ3v) is 5.90. The van der Waals surface area contributed by atoms with Crippen molar-refractivity contribution in [3.8, 4) is 6.07 Å². The number of amides is 2. The zero-order valence-corrected chi connectivity index (χ0v) is 14.3. The highest BCUT2D eigenvalue weighted by molar-refractivity contribution is 6.00. The standard InChI is InChI=1S/C18H21N3O5/c19-8-11(5-9-1-4-14-13(6-9)21-18(24)25-14)16(22)10-2-3-12-15(7-10)26-17(23)20-12/h5,9-10,12-15H,1-4,6-7H2,(H,20,23)(H,21,24)/b11-5+. The van der Waals surface area contributed by atoms with Crippen LogP contribution < -0.4 is 10.6 Å². The summed E-state index contributed by atoms with van der Waals surface area (Å²) >= 11 is 0. The van der Waals surface area contributed by atoms with Gasteiger partial charge in [-0.15, -0.1) is 0 Å². The predicted molar refractivity (Wildman–Crippen MR) is 87.8 cm³/mol. The van der Waals surface area contributed by atoms with Gasteiger partial charge in [0.25, 0.3) is 0 Å². The van der Waals surface area contributed by atoms with Gasteiger partial charge in [-0.05, 0) is 44.4 Å². The van der Waals surface area contributed by atoms with Crippen LogP contribution in [0.3, 0.4) is 0 Å². The van der Waals surface area contributed by atoms with Gasteiger partial charge in [0.1, 0.15) is 18.3 Å². The van der Waals surface area contributed by atoms with Crippen molar-refractivity contribution in [3.05, 3.63) is 11.6 Å². The molecule has 2 saturated carbocycles. The van der Waals surface area contributed by atoms with E-state index in [4.69, 9.17) is 9.47 Å². The van der Waals surface area contributed by atoms with Crippen LogP contribution in [0.25, 0.3) is 0 Å². The first-order valence-corrected chi connectivity index (χ1v) is 9.14. The number of nitriles is 1. The number of carbonyl (C=O) groups is 3. The van der Waals surface area contributed by atoms with Crippen molar-refractivity contribution in [1.29, 1.82) is 5.26 Å². The zero-order chi connectivity index (χ0) is 18.3. The van der Waals surface area contributed by atoms with E-state index in [1.54, 1.807) is 6.08 Å². The Hall–Kier alpha value is -2.56. The monoisotopic (exact) mass is 359 g/mol. The predicted octanol–water partition coefficient (Wildman–Crippen LogP) is 1.56. The van der Waals surface area contributed by atoms with Crippen LogP contribution in [0.2, 0.25) is 0 Å². The fourth-order valence-electron chi connectivity index (χ4n) is 4.56. The van der Waals surface area contributed by atoms with Gasteiger partial charge in [-0.25, -0.2) is 9.59 Å². The van der Waals surface area contributed by atoms with Gasteiger partial charge in [0.2, 0.25) is 0 Å². The Morgan fingerprint density at radius 1 is 1.00 bits per heavy atom. The van der Waals surface area contributed by atoms with Crippen molar-refractivity contribution < 1.29 is 23.9 Å². The van der Waals surface area contributed by atoms with Gasteiger partial charge in [0.05, 0.1) is 17.7 Å². The normalized spacial score (nSPS) is 38.8. The van der Waals surface area contributed by atoms with E-state index in [0.717, 1.165) is 12.8 Å². The average molecular weight is 359 g/mol. The number of allylic oxidation sites excluding steroid dienone is 2. The highest BCUT2D eigenvalue weighted by Gasteiger charge is 2.42. The quantitative estimate of drug-likeness (QED) is 0.583. The Morgan fingerprint density at radius 2 is 1.73 bits per heavy atom. The van der Waals surface area contributed by atoms with Crippen LogP contribution >= 0.6 is 0 Å². The van der Waals surface area contributed by atoms with Crippen molar-refractivity contribution in [2.45, 2.75) is 62.8 Å². The minimum Gasteiger partial charge on any atom is -0.444 e. The SMILES string of the molecule is N#C/C(=C\C1CCC2OC(=O)NC2C1)C(=O)C1CCC2NC(=O)OC2C1. The smallest absolute Gasteiger partial charge is 0.407 e. The van der Waals surface area contributed by atoms with Crippen LogP contribution in [0.1, 0.15) is 38.5 Å². The van der Waals surface area contributed by atoms with Crippen molar-refractivity contribution in [1.82, 2.24) is 10.6 Å². The molecule has 2 aliphatic heterocycles. The van der Waals surface area contributed by atoms with Gasteiger partial charge in [-0.3, -0.25) is 4.79 Å². The minimum absolute atomic E-state index is 0.0256. The summed E-state index contributed by atoms with van der Waals surface area (Å²) in [6.45, 7) is 0. The second-order valence-electron chi connectivity index (χ2n) is 7.53. The van der Waals surface area contributed by atoms with E-state index >= 15 is 0 Å². The van der Waals surface area contributed by atoms with Gasteiger partial charge in [0.15, 0.2) is 5.78 Å². The number of ether oxygens (including phenoxy) is 2. The lowest BCUT2D eigenvalue weighted by Crippen LogP contribution is -2.39. The van der Waals surface area contributed by atoms with Crippen molar-refractivity contribution in [2.24, 2.45) is 11.8 Å². The summed E-state index contributed by atoms with van der Waals surface area (Å²) in [7, 11) is 0. The fourth-order valence-corrected chi connectivity index (χ4v) is 4.56. The van der Waals surface area contributed by atoms with Crippen LogP contribution in [0.4, 0.5) is 9.59 Å². The Morgan fingerprint density at radius 3 is 2.50 bits per heavy atom. The van der Waals surface area contributed by atoms with Gasteiger partial charge in [0, 0.05) is 5.92 Å². The lowest BCUT2D eigenvalue weighted by atomic mass is 9.78. The Balaban J connectivity index is 1.41. The number of nitrogens with one attached hydrogen (secondary N) is 2. The van der Waals surface area contributed by atoms with Crippen molar-refractivity contribution in [3.63, 3.8) is 0 Å². The number of alkyl carbamates (subject to hydrolysis) is 2. The molecule has 8 heteroatoms. The number of nitrogens with zero attached hydrogens (tertiary/aromatic N) is 1. The van der Waals surface area contributed by atoms with Gasteiger partial charge < -0.3 is 20.1 Å². The Labute approximate surface area is 150 Å². The summed E-state index contributed by atoms with van der Waals surface area (Å²) in [6, 6.07) is 1.98. The van der Waals surface area contributed by atoms with E-state index in [0.29, 0.717) is 25.7 Å². The molecule has 2 heterocycles. The summed E-state index contributed by atoms with van der Waals surface area (Å²) < 4.78 is 10.4. The molecule has 2 N–H and O–H groups in total. The Kier molecular flexibility index (Phi) is 4.31. The van der Waals surface area contributed by atoms with Gasteiger partial charge in [-0.2, -0.15) is 5.26 Å². The number of Topliss-reactive ketones (excluding diaryl/α,β-unsaturated/α-hetero) is 1. The molecule has 4 aliphatic rings. The largest absolute Gasteiger partial charge is 0.444 e. The molecular formula is C18H21N3O5. The highest BCUT2D eigenvalue weighted by atomic mass is 16.6. The maximum atomic E-state index is 12.8. The first-order valence-electron chi connectivity index (χ1n) is 9.14. The molecule has 0 aromatic heterocycles. The van der Waals surface area contributed by atoms with Crippen molar-refractivity contribution >= 4 is 18.0 Å². The fraction of sp³-hybridized carbons (Fsp3) is 0.667. The second-order valence-corrected chi connectivity index (χ2v) is 7.53. The number of rotatable bonds is 3. The molecule has 0 aromatic carbocycles. The van der Waals surface area contributed by atoms with Crippen LogP contribution in [0, 0.1) is 23.2 Å². The molecule has 0 radical (unpaired) electrons. The molecule has 4 rings (SSSR count). The molecule has 4 fully saturated rings. The molecular weight excluding hydrogens is 338 g/mol. The number of fused-ring (bicyclic) bond motifs is 2. The lowest BCUT2D eigenvalue weighted by molar-refractivity contribution is -0.120. The highest BCUT2D eigenvalue weighted by Crippen LogP contribution is 2.34. The molecule has 8 nitrogen and oxygen atoms in total. The summed E-state index contributed by atoms with van der Waals surface area (Å²) in [5, 5.41) is 15.0. The third kappa shape index (κ3) is 3.14. The van der Waals surface area contributed by atoms with Crippen molar-refractivity contribution in [2.75, 3.05) is 0 Å². The van der Waals surface area contributed by atoms with Crippen LogP contribution in [-0.4, -0.2) is 42.3 Å². The number of ketones is 1. The molecule has 6 unspecified atom stereocenters. The van der Waals surface area contributed by atoms with Gasteiger partial charge >= 0.3 is 12.2 Å². The summed E-state index contributed by atoms with van der Waals surface area (Å²) in [4.78, 5) is 35.5. The van der Waals surface area contributed by atoms with E-state index < -0.39 is 12.2 Å². The average Bonchev–Trinajstić information content (AvgIpc) is 3.18. The lowest BCUT2D eigenvalue weighted by Gasteiger charge is -2.29. The molecule has 2 amide bonds. The second kappa shape index (κ2) is 6.63. The molecule has 138 valence electrons. The topological polar surface area (TPSA) is 118 Å². The Bertz CT molecular complexity index is 712. The summed E-state index contributed by atoms with van der Waals surface area (Å²) in [5.74, 6) is -0.386. The number of carbonyl (C=O) groups excluding carboxylic acids is 3. The molecule has 26 heavy (non-hydrogen) atoms. The summed E-state index contributed by atoms with van der Waals surface area (Å²) in [5.41, 5.74) is 0.180. The van der Waals surface area contributed by atoms with Crippen LogP contribution in [-0.2, 0) is 14.3 Å². The molecule has 6 atom stereocenters. The first kappa shape index (κ1) is 16.9. The minimum atomic E-state index is -0.429. The maximum Gasteiger partial charge on any atom is 0.407 e. The molecule has 0 bridgehead atoms. The van der Waals surface area contributed by atoms with Gasteiger partial charge in [-0.1, -0.05) is 6.08 Å². The first-order chi connectivity index (χ1) is 12.5. The molecule has 2 aliphatic carbocycles. The van der Waals surface area contributed by atoms with Crippen LogP contribution in [0.5, 0.6) is 0 Å². The molecule has 0 spiro atoms. The summed E-state index contributed by atoms with van der Waals surface area (Å²) in [6.07, 6.45) is 4.52. The molecule has 0 aromatic rings. The third-order valence-electron chi connectivity index (χ3n) is 5.90. The maximum absolute atomic E-state index is 12.8. The van der Waals surface area contributed by atoms with E-state index in [1.807, 2.05) is 0 Å². The van der Waals surface area contributed by atoms with E-state index in [2.05, 4.69) is 16.7 Å². The van der Waals surface area contributed by atoms with E-state index in [-0.39, 0.29) is 47.5 Å². The van der Waals surface area contributed by atoms with E-state index in [9.17, 15) is 19.6 Å². The number of hydrogen-bond acceptors (Lipinski definition) is 6.